The Bertz CT molecular complexity index is 311. The Morgan fingerprint density at radius 3 is 2.92 bits per heavy atom. The van der Waals surface area contributed by atoms with E-state index in [2.05, 4.69) is 30.3 Å². The third-order valence-corrected chi connectivity index (χ3v) is 2.54. The molecule has 68 valence electrons. The maximum absolute atomic E-state index is 5.58. The number of halogens is 1. The second-order valence-electron chi connectivity index (χ2n) is 3.50. The smallest absolute Gasteiger partial charge is 0.0407 e. The maximum Gasteiger partial charge on any atom is 0.0407 e. The third kappa shape index (κ3) is 2.35. The Kier molecular flexibility index (Phi) is 2.70. The average molecular weight is 193 g/mol. The topological polar surface area (TPSA) is 0 Å². The normalized spacial score (nSPS) is 16.7. The van der Waals surface area contributed by atoms with E-state index in [1.54, 1.807) is 0 Å². The first-order valence-electron chi connectivity index (χ1n) is 4.72. The highest BCUT2D eigenvalue weighted by molar-refractivity contribution is 6.19. The summed E-state index contributed by atoms with van der Waals surface area (Å²) in [5.74, 6) is 1.43. The summed E-state index contributed by atoms with van der Waals surface area (Å²) in [5.41, 5.74) is 2.75. The van der Waals surface area contributed by atoms with Gasteiger partial charge in [0.25, 0.3) is 0 Å². The lowest BCUT2D eigenvalue weighted by Gasteiger charge is -1.98. The summed E-state index contributed by atoms with van der Waals surface area (Å²) < 4.78 is 0. The lowest BCUT2D eigenvalue weighted by atomic mass is 10.1. The number of rotatable bonds is 3. The van der Waals surface area contributed by atoms with Crippen molar-refractivity contribution in [3.8, 4) is 0 Å². The zero-order valence-electron chi connectivity index (χ0n) is 7.54. The lowest BCUT2D eigenvalue weighted by Crippen LogP contribution is -1.79. The van der Waals surface area contributed by atoms with E-state index >= 15 is 0 Å². The molecule has 0 spiro atoms. The SMILES string of the molecule is ClCC=Cc1cccc(C2CC2)c1. The molecule has 0 aliphatic heterocycles. The molecule has 1 aromatic rings. The fraction of sp³-hybridized carbons (Fsp3) is 0.333. The standard InChI is InChI=1S/C12H13Cl/c13-8-2-4-10-3-1-5-12(9-10)11-6-7-11/h1-5,9,11H,6-8H2. The van der Waals surface area contributed by atoms with Crippen molar-refractivity contribution in [2.75, 3.05) is 5.88 Å². The molecule has 0 nitrogen and oxygen atoms in total. The predicted octanol–water partition coefficient (Wildman–Crippen LogP) is 3.82. The third-order valence-electron chi connectivity index (χ3n) is 2.36. The van der Waals surface area contributed by atoms with Crippen LogP contribution in [0.1, 0.15) is 29.9 Å². The second kappa shape index (κ2) is 3.97. The van der Waals surface area contributed by atoms with Crippen molar-refractivity contribution < 1.29 is 0 Å². The van der Waals surface area contributed by atoms with Crippen LogP contribution >= 0.6 is 11.6 Å². The molecule has 1 saturated carbocycles. The van der Waals surface area contributed by atoms with E-state index in [1.807, 2.05) is 6.08 Å². The van der Waals surface area contributed by atoms with Gasteiger partial charge < -0.3 is 0 Å². The summed E-state index contributed by atoms with van der Waals surface area (Å²) in [7, 11) is 0. The fourth-order valence-electron chi connectivity index (χ4n) is 1.51. The molecule has 0 amide bonds. The largest absolute Gasteiger partial charge is 0.122 e. The zero-order valence-corrected chi connectivity index (χ0v) is 8.30. The molecule has 13 heavy (non-hydrogen) atoms. The number of benzene rings is 1. The zero-order chi connectivity index (χ0) is 9.10. The van der Waals surface area contributed by atoms with Gasteiger partial charge in [-0.15, -0.1) is 11.6 Å². The van der Waals surface area contributed by atoms with Crippen molar-refractivity contribution in [1.82, 2.24) is 0 Å². The molecule has 0 unspecified atom stereocenters. The summed E-state index contributed by atoms with van der Waals surface area (Å²) in [6.45, 7) is 0. The van der Waals surface area contributed by atoms with Crippen molar-refractivity contribution >= 4 is 17.7 Å². The van der Waals surface area contributed by atoms with Gasteiger partial charge in [0.05, 0.1) is 0 Å². The minimum absolute atomic E-state index is 0.591. The number of hydrogen-bond acceptors (Lipinski definition) is 0. The molecular weight excluding hydrogens is 180 g/mol. The van der Waals surface area contributed by atoms with Gasteiger partial charge >= 0.3 is 0 Å². The highest BCUT2D eigenvalue weighted by Gasteiger charge is 2.22. The number of alkyl halides is 1. The molecule has 2 rings (SSSR count). The maximum atomic E-state index is 5.58. The van der Waals surface area contributed by atoms with Gasteiger partial charge in [0, 0.05) is 5.88 Å². The second-order valence-corrected chi connectivity index (χ2v) is 3.81. The van der Waals surface area contributed by atoms with Gasteiger partial charge in [-0.2, -0.15) is 0 Å². The molecule has 0 atom stereocenters. The quantitative estimate of drug-likeness (QED) is 0.639. The Labute approximate surface area is 84.2 Å². The first kappa shape index (κ1) is 8.83. The molecular formula is C12H13Cl. The van der Waals surface area contributed by atoms with Gasteiger partial charge in [-0.1, -0.05) is 36.4 Å². The van der Waals surface area contributed by atoms with E-state index in [4.69, 9.17) is 11.6 Å². The molecule has 0 aromatic heterocycles. The van der Waals surface area contributed by atoms with E-state index < -0.39 is 0 Å². The highest BCUT2D eigenvalue weighted by atomic mass is 35.5. The van der Waals surface area contributed by atoms with Gasteiger partial charge in [-0.05, 0) is 29.9 Å². The molecule has 0 radical (unpaired) electrons. The van der Waals surface area contributed by atoms with Crippen LogP contribution in [0.2, 0.25) is 0 Å². The van der Waals surface area contributed by atoms with Crippen LogP contribution in [0.3, 0.4) is 0 Å². The predicted molar refractivity (Wildman–Crippen MR) is 58.2 cm³/mol. The van der Waals surface area contributed by atoms with Crippen LogP contribution in [0.4, 0.5) is 0 Å². The summed E-state index contributed by atoms with van der Waals surface area (Å²) in [6, 6.07) is 8.73. The summed E-state index contributed by atoms with van der Waals surface area (Å²) in [5, 5.41) is 0. The Morgan fingerprint density at radius 1 is 1.38 bits per heavy atom. The first-order chi connectivity index (χ1) is 6.40. The molecule has 1 fully saturated rings. The number of allylic oxidation sites excluding steroid dienone is 1. The number of hydrogen-bond donors (Lipinski definition) is 0. The van der Waals surface area contributed by atoms with Gasteiger partial charge in [0.15, 0.2) is 0 Å². The minimum Gasteiger partial charge on any atom is -0.122 e. The van der Waals surface area contributed by atoms with Crippen molar-refractivity contribution in [1.29, 1.82) is 0 Å². The van der Waals surface area contributed by atoms with Crippen molar-refractivity contribution in [3.63, 3.8) is 0 Å². The van der Waals surface area contributed by atoms with Crippen LogP contribution in [-0.4, -0.2) is 5.88 Å². The van der Waals surface area contributed by atoms with Crippen LogP contribution in [0, 0.1) is 0 Å². The van der Waals surface area contributed by atoms with Crippen LogP contribution in [0.25, 0.3) is 6.08 Å². The Morgan fingerprint density at radius 2 is 2.23 bits per heavy atom. The summed E-state index contributed by atoms with van der Waals surface area (Å²) >= 11 is 5.58. The molecule has 0 heterocycles. The van der Waals surface area contributed by atoms with Crippen LogP contribution in [-0.2, 0) is 0 Å². The summed E-state index contributed by atoms with van der Waals surface area (Å²) in [4.78, 5) is 0. The van der Waals surface area contributed by atoms with E-state index in [9.17, 15) is 0 Å². The Hall–Kier alpha value is -0.750. The van der Waals surface area contributed by atoms with Crippen LogP contribution < -0.4 is 0 Å². The van der Waals surface area contributed by atoms with Crippen molar-refractivity contribution in [2.45, 2.75) is 18.8 Å². The molecule has 0 saturated heterocycles. The van der Waals surface area contributed by atoms with Crippen LogP contribution in [0.15, 0.2) is 30.3 Å². The van der Waals surface area contributed by atoms with E-state index in [0.29, 0.717) is 5.88 Å². The minimum atomic E-state index is 0.591. The van der Waals surface area contributed by atoms with Crippen molar-refractivity contribution in [2.24, 2.45) is 0 Å². The van der Waals surface area contributed by atoms with Crippen molar-refractivity contribution in [3.05, 3.63) is 41.5 Å². The van der Waals surface area contributed by atoms with Gasteiger partial charge in [-0.3, -0.25) is 0 Å². The highest BCUT2D eigenvalue weighted by Crippen LogP contribution is 2.40. The molecule has 0 bridgehead atoms. The first-order valence-corrected chi connectivity index (χ1v) is 5.26. The fourth-order valence-corrected chi connectivity index (χ4v) is 1.60. The average Bonchev–Trinajstić information content (AvgIpc) is 2.98. The van der Waals surface area contributed by atoms with E-state index in [-0.39, 0.29) is 0 Å². The van der Waals surface area contributed by atoms with Gasteiger partial charge in [0.1, 0.15) is 0 Å². The molecule has 1 aliphatic carbocycles. The van der Waals surface area contributed by atoms with Gasteiger partial charge in [0.2, 0.25) is 0 Å². The molecule has 0 N–H and O–H groups in total. The van der Waals surface area contributed by atoms with Gasteiger partial charge in [-0.25, -0.2) is 0 Å². The Balaban J connectivity index is 2.16. The van der Waals surface area contributed by atoms with E-state index in [1.165, 1.54) is 24.0 Å². The molecule has 1 aromatic carbocycles. The van der Waals surface area contributed by atoms with E-state index in [0.717, 1.165) is 5.92 Å². The molecule has 1 aliphatic rings. The van der Waals surface area contributed by atoms with Crippen LogP contribution in [0.5, 0.6) is 0 Å². The molecule has 1 heteroatoms. The monoisotopic (exact) mass is 192 g/mol. The lowest BCUT2D eigenvalue weighted by molar-refractivity contribution is 1.13. The summed E-state index contributed by atoms with van der Waals surface area (Å²) in [6.07, 6.45) is 6.79.